The molecule has 1 aromatic rings. The van der Waals surface area contributed by atoms with E-state index in [9.17, 15) is 13.2 Å². The van der Waals surface area contributed by atoms with Gasteiger partial charge in [-0.1, -0.05) is 6.07 Å². The Morgan fingerprint density at radius 2 is 1.92 bits per heavy atom. The lowest BCUT2D eigenvalue weighted by atomic mass is 10.0. The Bertz CT molecular complexity index is 695. The average molecular weight is 376 g/mol. The number of hydrogen-bond donors (Lipinski definition) is 3. The summed E-state index contributed by atoms with van der Waals surface area (Å²) < 4.78 is 27.4. The van der Waals surface area contributed by atoms with E-state index in [4.69, 9.17) is 0 Å². The summed E-state index contributed by atoms with van der Waals surface area (Å²) in [4.78, 5) is 12.4. The van der Waals surface area contributed by atoms with Crippen LogP contribution in [0, 0.1) is 12.8 Å². The van der Waals surface area contributed by atoms with Crippen molar-refractivity contribution in [3.05, 3.63) is 29.3 Å². The van der Waals surface area contributed by atoms with Crippen molar-refractivity contribution in [1.29, 1.82) is 0 Å². The maximum Gasteiger partial charge on any atom is 0.251 e. The van der Waals surface area contributed by atoms with Gasteiger partial charge in [0.05, 0.1) is 4.90 Å². The van der Waals surface area contributed by atoms with Crippen molar-refractivity contribution in [3.8, 4) is 0 Å². The van der Waals surface area contributed by atoms with Crippen LogP contribution in [0.2, 0.25) is 0 Å². The minimum atomic E-state index is -3.66. The number of rotatable bonds is 5. The van der Waals surface area contributed by atoms with Crippen molar-refractivity contribution in [2.45, 2.75) is 38.1 Å². The molecule has 1 fully saturated rings. The number of nitrogens with one attached hydrogen (secondary N) is 3. The highest BCUT2D eigenvalue weighted by atomic mass is 35.5. The molecule has 0 bridgehead atoms. The zero-order chi connectivity index (χ0) is 17.3. The van der Waals surface area contributed by atoms with Gasteiger partial charge in [-0.15, -0.1) is 12.4 Å². The van der Waals surface area contributed by atoms with Crippen LogP contribution in [-0.4, -0.2) is 39.5 Å². The highest BCUT2D eigenvalue weighted by Gasteiger charge is 2.24. The second kappa shape index (κ2) is 7.82. The van der Waals surface area contributed by atoms with Crippen molar-refractivity contribution < 1.29 is 13.2 Å². The van der Waals surface area contributed by atoms with Gasteiger partial charge in [-0.25, -0.2) is 13.1 Å². The third-order valence-corrected chi connectivity index (χ3v) is 5.38. The van der Waals surface area contributed by atoms with E-state index in [1.807, 2.05) is 0 Å². The summed E-state index contributed by atoms with van der Waals surface area (Å²) >= 11 is 0. The fourth-order valence-corrected chi connectivity index (χ4v) is 3.74. The Morgan fingerprint density at radius 3 is 2.42 bits per heavy atom. The van der Waals surface area contributed by atoms with Crippen LogP contribution in [-0.2, 0) is 10.0 Å². The number of halogens is 1. The van der Waals surface area contributed by atoms with Gasteiger partial charge in [0.2, 0.25) is 10.0 Å². The van der Waals surface area contributed by atoms with Crippen molar-refractivity contribution >= 4 is 28.3 Å². The van der Waals surface area contributed by atoms with Crippen LogP contribution in [0.15, 0.2) is 23.1 Å². The monoisotopic (exact) mass is 375 g/mol. The molecule has 24 heavy (non-hydrogen) atoms. The van der Waals surface area contributed by atoms with Gasteiger partial charge >= 0.3 is 0 Å². The van der Waals surface area contributed by atoms with Crippen LogP contribution in [0.5, 0.6) is 0 Å². The Morgan fingerprint density at radius 1 is 1.29 bits per heavy atom. The molecule has 3 N–H and O–H groups in total. The molecule has 6 nitrogen and oxygen atoms in total. The third-order valence-electron chi connectivity index (χ3n) is 3.62. The second-order valence-corrected chi connectivity index (χ2v) is 8.75. The van der Waals surface area contributed by atoms with Crippen molar-refractivity contribution in [2.75, 3.05) is 19.6 Å². The Labute approximate surface area is 150 Å². The summed E-state index contributed by atoms with van der Waals surface area (Å²) in [5, 5.41) is 6.02. The molecule has 1 amide bonds. The van der Waals surface area contributed by atoms with E-state index in [1.54, 1.807) is 33.8 Å². The summed E-state index contributed by atoms with van der Waals surface area (Å²) in [6.45, 7) is 9.54. The van der Waals surface area contributed by atoms with Gasteiger partial charge in [-0.05, 0) is 45.4 Å². The lowest BCUT2D eigenvalue weighted by molar-refractivity contribution is 0.0941. The van der Waals surface area contributed by atoms with Gasteiger partial charge in [0.1, 0.15) is 0 Å². The van der Waals surface area contributed by atoms with E-state index >= 15 is 0 Å². The molecular formula is C16H26ClN3O3S. The summed E-state index contributed by atoms with van der Waals surface area (Å²) in [5.41, 5.74) is 0.571. The Kier molecular flexibility index (Phi) is 6.81. The molecule has 0 saturated carbocycles. The van der Waals surface area contributed by atoms with Crippen LogP contribution in [0.1, 0.15) is 36.7 Å². The molecule has 136 valence electrons. The first-order valence-electron chi connectivity index (χ1n) is 7.72. The van der Waals surface area contributed by atoms with Crippen molar-refractivity contribution in [1.82, 2.24) is 15.4 Å². The SMILES string of the molecule is Cc1ccc(S(=O)(=O)NC(C)(C)C)cc1C(=O)NCC1CNC1.Cl. The topological polar surface area (TPSA) is 87.3 Å². The molecule has 1 heterocycles. The van der Waals surface area contributed by atoms with Crippen molar-refractivity contribution in [2.24, 2.45) is 5.92 Å². The normalized spacial score (nSPS) is 15.3. The number of benzene rings is 1. The number of carbonyl (C=O) groups is 1. The zero-order valence-corrected chi connectivity index (χ0v) is 16.1. The quantitative estimate of drug-likeness (QED) is 0.726. The molecular weight excluding hydrogens is 350 g/mol. The zero-order valence-electron chi connectivity index (χ0n) is 14.5. The minimum Gasteiger partial charge on any atom is -0.352 e. The number of carbonyl (C=O) groups excluding carboxylic acids is 1. The van der Waals surface area contributed by atoms with Crippen LogP contribution in [0.3, 0.4) is 0 Å². The molecule has 1 aliphatic heterocycles. The first kappa shape index (κ1) is 20.9. The molecule has 8 heteroatoms. The van der Waals surface area contributed by atoms with Crippen LogP contribution >= 0.6 is 12.4 Å². The molecule has 0 atom stereocenters. The lowest BCUT2D eigenvalue weighted by Gasteiger charge is -2.27. The van der Waals surface area contributed by atoms with E-state index in [-0.39, 0.29) is 23.2 Å². The molecule has 2 rings (SSSR count). The number of aryl methyl sites for hydroxylation is 1. The van der Waals surface area contributed by atoms with Gasteiger partial charge in [0.25, 0.3) is 5.91 Å². The van der Waals surface area contributed by atoms with Crippen molar-refractivity contribution in [3.63, 3.8) is 0 Å². The van der Waals surface area contributed by atoms with Gasteiger partial charge in [0.15, 0.2) is 0 Å². The molecule has 1 saturated heterocycles. The summed E-state index contributed by atoms with van der Waals surface area (Å²) in [5.74, 6) is 0.218. The lowest BCUT2D eigenvalue weighted by Crippen LogP contribution is -2.48. The van der Waals surface area contributed by atoms with Gasteiger partial charge in [-0.2, -0.15) is 0 Å². The first-order chi connectivity index (χ1) is 10.6. The number of sulfonamides is 1. The molecule has 0 spiro atoms. The predicted molar refractivity (Wildman–Crippen MR) is 97.2 cm³/mol. The summed E-state index contributed by atoms with van der Waals surface area (Å²) in [6, 6.07) is 4.63. The van der Waals surface area contributed by atoms with E-state index < -0.39 is 15.6 Å². The van der Waals surface area contributed by atoms with E-state index in [0.29, 0.717) is 18.0 Å². The smallest absolute Gasteiger partial charge is 0.251 e. The highest BCUT2D eigenvalue weighted by molar-refractivity contribution is 7.89. The molecule has 1 aromatic carbocycles. The predicted octanol–water partition coefficient (Wildman–Crippen LogP) is 1.44. The minimum absolute atomic E-state index is 0. The molecule has 0 aliphatic carbocycles. The Balaban J connectivity index is 0.00000288. The van der Waals surface area contributed by atoms with Crippen LogP contribution in [0.25, 0.3) is 0 Å². The number of amides is 1. The van der Waals surface area contributed by atoms with Gasteiger partial charge < -0.3 is 10.6 Å². The summed E-state index contributed by atoms with van der Waals surface area (Å²) in [7, 11) is -3.66. The summed E-state index contributed by atoms with van der Waals surface area (Å²) in [6.07, 6.45) is 0. The standard InChI is InChI=1S/C16H25N3O3S.ClH/c1-11-5-6-13(23(21,22)19-16(2,3)4)7-14(11)15(20)18-10-12-8-17-9-12;/h5-7,12,17,19H,8-10H2,1-4H3,(H,18,20);1H. The van der Waals surface area contributed by atoms with Gasteiger partial charge in [0, 0.05) is 36.7 Å². The van der Waals surface area contributed by atoms with E-state index in [0.717, 1.165) is 18.7 Å². The largest absolute Gasteiger partial charge is 0.352 e. The van der Waals surface area contributed by atoms with E-state index in [2.05, 4.69) is 15.4 Å². The third kappa shape index (κ3) is 5.44. The first-order valence-corrected chi connectivity index (χ1v) is 9.20. The maximum absolute atomic E-state index is 12.4. The molecule has 1 aliphatic rings. The van der Waals surface area contributed by atoms with Crippen LogP contribution in [0.4, 0.5) is 0 Å². The Hall–Kier alpha value is -1.15. The second-order valence-electron chi connectivity index (χ2n) is 7.07. The maximum atomic E-state index is 12.4. The fraction of sp³-hybridized carbons (Fsp3) is 0.562. The van der Waals surface area contributed by atoms with Gasteiger partial charge in [-0.3, -0.25) is 4.79 Å². The highest BCUT2D eigenvalue weighted by Crippen LogP contribution is 2.18. The van der Waals surface area contributed by atoms with E-state index in [1.165, 1.54) is 12.1 Å². The number of hydrogen-bond acceptors (Lipinski definition) is 4. The average Bonchev–Trinajstić information content (AvgIpc) is 2.34. The molecule has 0 aromatic heterocycles. The molecule has 0 radical (unpaired) electrons. The fourth-order valence-electron chi connectivity index (χ4n) is 2.30. The van der Waals surface area contributed by atoms with Crippen LogP contribution < -0.4 is 15.4 Å². The molecule has 0 unspecified atom stereocenters.